The summed E-state index contributed by atoms with van der Waals surface area (Å²) in [6.07, 6.45) is 10.4. The van der Waals surface area contributed by atoms with Crippen molar-refractivity contribution < 1.29 is 9.53 Å². The maximum atomic E-state index is 12.3. The monoisotopic (exact) mass is 235 g/mol. The molecule has 1 atom stereocenters. The van der Waals surface area contributed by atoms with Crippen LogP contribution in [0.2, 0.25) is 0 Å². The minimum absolute atomic E-state index is 0.218. The predicted molar refractivity (Wildman–Crippen MR) is 65.5 cm³/mol. The highest BCUT2D eigenvalue weighted by Crippen LogP contribution is 2.33. The molecule has 94 valence electrons. The van der Waals surface area contributed by atoms with Gasteiger partial charge in [0, 0.05) is 19.0 Å². The van der Waals surface area contributed by atoms with Crippen LogP contribution in [0.1, 0.15) is 32.1 Å². The Morgan fingerprint density at radius 1 is 1.24 bits per heavy atom. The van der Waals surface area contributed by atoms with Gasteiger partial charge in [-0.05, 0) is 31.6 Å². The van der Waals surface area contributed by atoms with Gasteiger partial charge in [-0.25, -0.2) is 0 Å². The molecule has 1 saturated heterocycles. The molecule has 1 unspecified atom stereocenters. The van der Waals surface area contributed by atoms with Gasteiger partial charge < -0.3 is 9.64 Å². The quantitative estimate of drug-likeness (QED) is 0.685. The molecular weight excluding hydrogens is 214 g/mol. The number of carbonyl (C=O) groups is 1. The molecule has 0 radical (unpaired) electrons. The van der Waals surface area contributed by atoms with Crippen molar-refractivity contribution in [2.24, 2.45) is 11.8 Å². The van der Waals surface area contributed by atoms with E-state index < -0.39 is 0 Å². The lowest BCUT2D eigenvalue weighted by molar-refractivity contribution is -0.146. The van der Waals surface area contributed by atoms with Crippen molar-refractivity contribution in [2.75, 3.05) is 19.7 Å². The third-order valence-electron chi connectivity index (χ3n) is 4.44. The fraction of sp³-hybridized carbons (Fsp3) is 0.786. The van der Waals surface area contributed by atoms with Gasteiger partial charge in [-0.1, -0.05) is 18.6 Å². The highest BCUT2D eigenvalue weighted by molar-refractivity contribution is 5.79. The van der Waals surface area contributed by atoms with Crippen LogP contribution in [0.3, 0.4) is 0 Å². The molecule has 0 aromatic carbocycles. The third kappa shape index (κ3) is 2.25. The van der Waals surface area contributed by atoms with Gasteiger partial charge in [0.1, 0.15) is 0 Å². The molecular formula is C14H21NO2. The van der Waals surface area contributed by atoms with E-state index in [2.05, 4.69) is 12.2 Å². The summed E-state index contributed by atoms with van der Waals surface area (Å²) in [4.78, 5) is 14.4. The van der Waals surface area contributed by atoms with E-state index in [9.17, 15) is 4.79 Å². The van der Waals surface area contributed by atoms with Crippen LogP contribution in [0.5, 0.6) is 0 Å². The van der Waals surface area contributed by atoms with E-state index in [1.807, 2.05) is 4.90 Å². The SMILES string of the molecule is O=C(C1CC=CC1)N1CCOC(C2CCC2)C1. The van der Waals surface area contributed by atoms with E-state index in [1.165, 1.54) is 19.3 Å². The van der Waals surface area contributed by atoms with Gasteiger partial charge in [0.25, 0.3) is 0 Å². The topological polar surface area (TPSA) is 29.5 Å². The number of ether oxygens (including phenoxy) is 1. The van der Waals surface area contributed by atoms with E-state index in [4.69, 9.17) is 4.74 Å². The van der Waals surface area contributed by atoms with Crippen molar-refractivity contribution in [2.45, 2.75) is 38.2 Å². The molecule has 3 heteroatoms. The first kappa shape index (κ1) is 11.3. The molecule has 17 heavy (non-hydrogen) atoms. The number of morpholine rings is 1. The average Bonchev–Trinajstić information content (AvgIpc) is 2.79. The molecule has 1 heterocycles. The molecule has 3 nitrogen and oxygen atoms in total. The second-order valence-corrected chi connectivity index (χ2v) is 5.52. The fourth-order valence-electron chi connectivity index (χ4n) is 3.05. The summed E-state index contributed by atoms with van der Waals surface area (Å²) >= 11 is 0. The Kier molecular flexibility index (Phi) is 3.19. The molecule has 3 rings (SSSR count). The number of allylic oxidation sites excluding steroid dienone is 2. The van der Waals surface area contributed by atoms with Crippen molar-refractivity contribution in [3.63, 3.8) is 0 Å². The van der Waals surface area contributed by atoms with Crippen molar-refractivity contribution in [3.8, 4) is 0 Å². The van der Waals surface area contributed by atoms with Crippen LogP contribution in [-0.4, -0.2) is 36.6 Å². The van der Waals surface area contributed by atoms with Crippen LogP contribution in [0, 0.1) is 11.8 Å². The van der Waals surface area contributed by atoms with E-state index in [-0.39, 0.29) is 5.92 Å². The summed E-state index contributed by atoms with van der Waals surface area (Å²) in [6.45, 7) is 2.35. The number of carbonyl (C=O) groups excluding carboxylic acids is 1. The fourth-order valence-corrected chi connectivity index (χ4v) is 3.05. The Hall–Kier alpha value is -0.830. The lowest BCUT2D eigenvalue weighted by atomic mass is 9.80. The van der Waals surface area contributed by atoms with Crippen LogP contribution < -0.4 is 0 Å². The highest BCUT2D eigenvalue weighted by atomic mass is 16.5. The number of hydrogen-bond acceptors (Lipinski definition) is 2. The summed E-state index contributed by atoms with van der Waals surface area (Å²) in [5.41, 5.74) is 0. The van der Waals surface area contributed by atoms with Crippen molar-refractivity contribution in [3.05, 3.63) is 12.2 Å². The maximum Gasteiger partial charge on any atom is 0.226 e. The number of hydrogen-bond donors (Lipinski definition) is 0. The molecule has 2 aliphatic carbocycles. The zero-order valence-corrected chi connectivity index (χ0v) is 10.3. The summed E-state index contributed by atoms with van der Waals surface area (Å²) in [6, 6.07) is 0. The first-order chi connectivity index (χ1) is 8.34. The van der Waals surface area contributed by atoms with Crippen molar-refractivity contribution in [1.29, 1.82) is 0 Å². The zero-order chi connectivity index (χ0) is 11.7. The van der Waals surface area contributed by atoms with Gasteiger partial charge in [-0.3, -0.25) is 4.79 Å². The Labute approximate surface area is 103 Å². The third-order valence-corrected chi connectivity index (χ3v) is 4.44. The Morgan fingerprint density at radius 2 is 2.00 bits per heavy atom. The van der Waals surface area contributed by atoms with Gasteiger partial charge in [0.05, 0.1) is 12.7 Å². The van der Waals surface area contributed by atoms with Crippen LogP contribution in [-0.2, 0) is 9.53 Å². The second-order valence-electron chi connectivity index (χ2n) is 5.52. The maximum absolute atomic E-state index is 12.3. The van der Waals surface area contributed by atoms with E-state index in [1.54, 1.807) is 0 Å². The van der Waals surface area contributed by atoms with Crippen LogP contribution in [0.4, 0.5) is 0 Å². The van der Waals surface area contributed by atoms with Gasteiger partial charge in [0.15, 0.2) is 0 Å². The van der Waals surface area contributed by atoms with Gasteiger partial charge in [-0.15, -0.1) is 0 Å². The Balaban J connectivity index is 1.57. The summed E-state index contributed by atoms with van der Waals surface area (Å²) in [5, 5.41) is 0. The first-order valence-corrected chi connectivity index (χ1v) is 6.90. The second kappa shape index (κ2) is 4.81. The highest BCUT2D eigenvalue weighted by Gasteiger charge is 2.35. The minimum atomic E-state index is 0.218. The van der Waals surface area contributed by atoms with Crippen LogP contribution >= 0.6 is 0 Å². The van der Waals surface area contributed by atoms with Crippen molar-refractivity contribution >= 4 is 5.91 Å². The molecule has 0 spiro atoms. The van der Waals surface area contributed by atoms with E-state index in [0.717, 1.165) is 32.5 Å². The summed E-state index contributed by atoms with van der Waals surface area (Å²) in [7, 11) is 0. The smallest absolute Gasteiger partial charge is 0.226 e. The van der Waals surface area contributed by atoms with Gasteiger partial charge >= 0.3 is 0 Å². The summed E-state index contributed by atoms with van der Waals surface area (Å²) < 4.78 is 5.82. The molecule has 2 fully saturated rings. The van der Waals surface area contributed by atoms with Crippen LogP contribution in [0.15, 0.2) is 12.2 Å². The number of rotatable bonds is 2. The van der Waals surface area contributed by atoms with Gasteiger partial charge in [0.2, 0.25) is 5.91 Å². The lowest BCUT2D eigenvalue weighted by Crippen LogP contribution is -2.50. The molecule has 1 saturated carbocycles. The molecule has 0 aromatic rings. The van der Waals surface area contributed by atoms with E-state index >= 15 is 0 Å². The molecule has 0 aromatic heterocycles. The molecule has 1 aliphatic heterocycles. The molecule has 1 amide bonds. The Morgan fingerprint density at radius 3 is 2.65 bits per heavy atom. The molecule has 0 N–H and O–H groups in total. The summed E-state index contributed by atoms with van der Waals surface area (Å²) in [5.74, 6) is 1.28. The first-order valence-electron chi connectivity index (χ1n) is 6.90. The largest absolute Gasteiger partial charge is 0.374 e. The average molecular weight is 235 g/mol. The normalized spacial score (nSPS) is 30.6. The van der Waals surface area contributed by atoms with Crippen LogP contribution in [0.25, 0.3) is 0 Å². The van der Waals surface area contributed by atoms with Crippen molar-refractivity contribution in [1.82, 2.24) is 4.90 Å². The minimum Gasteiger partial charge on any atom is -0.374 e. The Bertz CT molecular complexity index is 314. The van der Waals surface area contributed by atoms with E-state index in [0.29, 0.717) is 17.9 Å². The zero-order valence-electron chi connectivity index (χ0n) is 10.3. The number of nitrogens with zero attached hydrogens (tertiary/aromatic N) is 1. The predicted octanol–water partition coefficient (Wildman–Crippen LogP) is 1.98. The molecule has 0 bridgehead atoms. The lowest BCUT2D eigenvalue weighted by Gasteiger charge is -2.41. The van der Waals surface area contributed by atoms with Gasteiger partial charge in [-0.2, -0.15) is 0 Å². The molecule has 3 aliphatic rings. The number of amides is 1. The standard InChI is InChI=1S/C14H21NO2/c16-14(12-4-1-2-5-12)15-8-9-17-13(10-15)11-6-3-7-11/h1-2,11-13H,3-10H2.